The first-order valence-electron chi connectivity index (χ1n) is 5.43. The van der Waals surface area contributed by atoms with Gasteiger partial charge in [-0.2, -0.15) is 0 Å². The zero-order valence-corrected chi connectivity index (χ0v) is 9.34. The molecule has 1 aliphatic heterocycles. The summed E-state index contributed by atoms with van der Waals surface area (Å²) in [7, 11) is 0. The molecule has 1 atom stereocenters. The standard InChI is InChI=1S/C12H19NO/c1-4-12(7-8-14-9-12)13-10(2)5-6-11(13)3/h5-6H,4,7-9H2,1-3H3. The van der Waals surface area contributed by atoms with Gasteiger partial charge >= 0.3 is 0 Å². The Morgan fingerprint density at radius 1 is 1.36 bits per heavy atom. The highest BCUT2D eigenvalue weighted by molar-refractivity contribution is 5.18. The first-order chi connectivity index (χ1) is 6.69. The number of aromatic nitrogens is 1. The molecule has 0 bridgehead atoms. The van der Waals surface area contributed by atoms with Gasteiger partial charge in [0.05, 0.1) is 12.1 Å². The van der Waals surface area contributed by atoms with Gasteiger partial charge in [-0.25, -0.2) is 0 Å². The third-order valence-electron chi connectivity index (χ3n) is 3.49. The van der Waals surface area contributed by atoms with Crippen LogP contribution in [0.3, 0.4) is 0 Å². The predicted octanol–water partition coefficient (Wildman–Crippen LogP) is 2.63. The minimum absolute atomic E-state index is 0.234. The summed E-state index contributed by atoms with van der Waals surface area (Å²) in [5.41, 5.74) is 2.95. The van der Waals surface area contributed by atoms with Gasteiger partial charge in [0.25, 0.3) is 0 Å². The van der Waals surface area contributed by atoms with E-state index in [0.29, 0.717) is 0 Å². The van der Waals surface area contributed by atoms with E-state index >= 15 is 0 Å². The molecular formula is C12H19NO. The second-order valence-electron chi connectivity index (χ2n) is 4.33. The fraction of sp³-hybridized carbons (Fsp3) is 0.667. The van der Waals surface area contributed by atoms with Crippen molar-refractivity contribution in [2.24, 2.45) is 0 Å². The molecule has 2 heteroatoms. The van der Waals surface area contributed by atoms with Crippen molar-refractivity contribution in [2.45, 2.75) is 39.2 Å². The predicted molar refractivity (Wildman–Crippen MR) is 57.6 cm³/mol. The number of nitrogens with zero attached hydrogens (tertiary/aromatic N) is 1. The number of rotatable bonds is 2. The minimum atomic E-state index is 0.234. The van der Waals surface area contributed by atoms with Crippen molar-refractivity contribution in [2.75, 3.05) is 13.2 Å². The van der Waals surface area contributed by atoms with E-state index in [1.807, 2.05) is 0 Å². The van der Waals surface area contributed by atoms with Crippen molar-refractivity contribution in [3.63, 3.8) is 0 Å². The van der Waals surface area contributed by atoms with Crippen LogP contribution in [0.2, 0.25) is 0 Å². The van der Waals surface area contributed by atoms with Gasteiger partial charge in [-0.15, -0.1) is 0 Å². The number of hydrogen-bond donors (Lipinski definition) is 0. The van der Waals surface area contributed by atoms with Crippen molar-refractivity contribution >= 4 is 0 Å². The quantitative estimate of drug-likeness (QED) is 0.704. The fourth-order valence-corrected chi connectivity index (χ4v) is 2.63. The lowest BCUT2D eigenvalue weighted by atomic mass is 9.94. The molecule has 1 aromatic heterocycles. The summed E-state index contributed by atoms with van der Waals surface area (Å²) >= 11 is 0. The molecule has 2 heterocycles. The van der Waals surface area contributed by atoms with Gasteiger partial charge in [0.1, 0.15) is 0 Å². The van der Waals surface area contributed by atoms with Gasteiger partial charge in [-0.3, -0.25) is 0 Å². The molecule has 14 heavy (non-hydrogen) atoms. The Morgan fingerprint density at radius 3 is 2.43 bits per heavy atom. The van der Waals surface area contributed by atoms with Gasteiger partial charge in [0.2, 0.25) is 0 Å². The average Bonchev–Trinajstić information content (AvgIpc) is 2.75. The second-order valence-corrected chi connectivity index (χ2v) is 4.33. The van der Waals surface area contributed by atoms with E-state index in [9.17, 15) is 0 Å². The Hall–Kier alpha value is -0.760. The van der Waals surface area contributed by atoms with E-state index in [0.717, 1.165) is 26.1 Å². The molecule has 2 rings (SSSR count). The molecule has 1 aromatic rings. The summed E-state index contributed by atoms with van der Waals surface area (Å²) in [6.45, 7) is 8.41. The van der Waals surface area contributed by atoms with Crippen LogP contribution < -0.4 is 0 Å². The van der Waals surface area contributed by atoms with Crippen LogP contribution >= 0.6 is 0 Å². The van der Waals surface area contributed by atoms with Crippen LogP contribution in [0.5, 0.6) is 0 Å². The van der Waals surface area contributed by atoms with E-state index in [-0.39, 0.29) is 5.54 Å². The Bertz CT molecular complexity index is 302. The molecule has 0 aromatic carbocycles. The maximum Gasteiger partial charge on any atom is 0.0702 e. The smallest absolute Gasteiger partial charge is 0.0702 e. The largest absolute Gasteiger partial charge is 0.379 e. The summed E-state index contributed by atoms with van der Waals surface area (Å²) in [4.78, 5) is 0. The highest BCUT2D eigenvalue weighted by atomic mass is 16.5. The van der Waals surface area contributed by atoms with E-state index in [1.165, 1.54) is 11.4 Å². The SMILES string of the molecule is CCC1(n2c(C)ccc2C)CCOC1. The lowest BCUT2D eigenvalue weighted by Gasteiger charge is -2.31. The average molecular weight is 193 g/mol. The first kappa shape index (κ1) is 9.78. The lowest BCUT2D eigenvalue weighted by Crippen LogP contribution is -2.34. The van der Waals surface area contributed by atoms with Gasteiger partial charge in [-0.1, -0.05) is 6.92 Å². The minimum Gasteiger partial charge on any atom is -0.379 e. The monoisotopic (exact) mass is 193 g/mol. The molecule has 1 unspecified atom stereocenters. The molecule has 0 spiro atoms. The molecule has 0 N–H and O–H groups in total. The van der Waals surface area contributed by atoms with Crippen LogP contribution in [-0.2, 0) is 10.3 Å². The first-order valence-corrected chi connectivity index (χ1v) is 5.43. The molecule has 0 amide bonds. The molecule has 0 aliphatic carbocycles. The molecule has 2 nitrogen and oxygen atoms in total. The van der Waals surface area contributed by atoms with Crippen LogP contribution in [-0.4, -0.2) is 17.8 Å². The van der Waals surface area contributed by atoms with Crippen LogP contribution in [0.1, 0.15) is 31.2 Å². The zero-order chi connectivity index (χ0) is 10.2. The van der Waals surface area contributed by atoms with E-state index < -0.39 is 0 Å². The Balaban J connectivity index is 2.45. The summed E-state index contributed by atoms with van der Waals surface area (Å²) in [5.74, 6) is 0. The van der Waals surface area contributed by atoms with Crippen LogP contribution in [0.4, 0.5) is 0 Å². The number of ether oxygens (including phenoxy) is 1. The normalized spacial score (nSPS) is 27.1. The number of aryl methyl sites for hydroxylation is 2. The maximum atomic E-state index is 5.56. The van der Waals surface area contributed by atoms with Crippen LogP contribution in [0, 0.1) is 13.8 Å². The Labute approximate surface area is 85.9 Å². The highest BCUT2D eigenvalue weighted by Gasteiger charge is 2.36. The molecule has 0 radical (unpaired) electrons. The molecule has 1 aliphatic rings. The lowest BCUT2D eigenvalue weighted by molar-refractivity contribution is 0.149. The highest BCUT2D eigenvalue weighted by Crippen LogP contribution is 2.33. The Morgan fingerprint density at radius 2 is 2.00 bits per heavy atom. The molecule has 1 fully saturated rings. The summed E-state index contributed by atoms with van der Waals surface area (Å²) in [6, 6.07) is 4.40. The molecule has 0 saturated carbocycles. The van der Waals surface area contributed by atoms with Crippen molar-refractivity contribution in [1.82, 2.24) is 4.57 Å². The molecule has 1 saturated heterocycles. The van der Waals surface area contributed by atoms with Gasteiger partial charge in [-0.05, 0) is 38.8 Å². The van der Waals surface area contributed by atoms with Crippen LogP contribution in [0.25, 0.3) is 0 Å². The third kappa shape index (κ3) is 1.29. The topological polar surface area (TPSA) is 14.2 Å². The van der Waals surface area contributed by atoms with Gasteiger partial charge < -0.3 is 9.30 Å². The summed E-state index contributed by atoms with van der Waals surface area (Å²) in [5, 5.41) is 0. The molecule has 78 valence electrons. The van der Waals surface area contributed by atoms with E-state index in [2.05, 4.69) is 37.5 Å². The van der Waals surface area contributed by atoms with Crippen molar-refractivity contribution < 1.29 is 4.74 Å². The second kappa shape index (κ2) is 3.43. The van der Waals surface area contributed by atoms with Crippen molar-refractivity contribution in [3.05, 3.63) is 23.5 Å². The Kier molecular flexibility index (Phi) is 2.40. The third-order valence-corrected chi connectivity index (χ3v) is 3.49. The molecular weight excluding hydrogens is 174 g/mol. The van der Waals surface area contributed by atoms with Crippen molar-refractivity contribution in [3.8, 4) is 0 Å². The zero-order valence-electron chi connectivity index (χ0n) is 9.34. The summed E-state index contributed by atoms with van der Waals surface area (Å²) in [6.07, 6.45) is 2.31. The summed E-state index contributed by atoms with van der Waals surface area (Å²) < 4.78 is 8.02. The van der Waals surface area contributed by atoms with Crippen molar-refractivity contribution in [1.29, 1.82) is 0 Å². The maximum absolute atomic E-state index is 5.56. The van der Waals surface area contributed by atoms with Gasteiger partial charge in [0.15, 0.2) is 0 Å². The van der Waals surface area contributed by atoms with Crippen LogP contribution in [0.15, 0.2) is 12.1 Å². The van der Waals surface area contributed by atoms with E-state index in [1.54, 1.807) is 0 Å². The van der Waals surface area contributed by atoms with E-state index in [4.69, 9.17) is 4.74 Å². The van der Waals surface area contributed by atoms with Gasteiger partial charge in [0, 0.05) is 18.0 Å². The number of hydrogen-bond acceptors (Lipinski definition) is 1. The fourth-order valence-electron chi connectivity index (χ4n) is 2.63.